The topological polar surface area (TPSA) is 80.3 Å². The van der Waals surface area contributed by atoms with Gasteiger partial charge in [-0.2, -0.15) is 0 Å². The normalized spacial score (nSPS) is 10.8. The van der Waals surface area contributed by atoms with Crippen LogP contribution >= 0.6 is 0 Å². The monoisotopic (exact) mass is 283 g/mol. The van der Waals surface area contributed by atoms with E-state index in [1.54, 1.807) is 0 Å². The van der Waals surface area contributed by atoms with Crippen molar-refractivity contribution in [3.05, 3.63) is 37.1 Å². The van der Waals surface area contributed by atoms with Crippen molar-refractivity contribution < 1.29 is 36.6 Å². The molecular weight excluding hydrogens is 267 g/mol. The SMILES string of the molecule is [CH2]CC=C(C)C(=O)[O-].[CH2]CC=C(C)C(=O)[O-].[Co+2]. The van der Waals surface area contributed by atoms with E-state index in [0.717, 1.165) is 0 Å². The fraction of sp³-hybridized carbons (Fsp3) is 0.333. The van der Waals surface area contributed by atoms with Gasteiger partial charge < -0.3 is 19.8 Å². The van der Waals surface area contributed by atoms with Crippen molar-refractivity contribution in [1.82, 2.24) is 0 Å². The zero-order chi connectivity index (χ0) is 13.1. The Labute approximate surface area is 113 Å². The summed E-state index contributed by atoms with van der Waals surface area (Å²) in [6.07, 6.45) is 4.02. The van der Waals surface area contributed by atoms with E-state index in [9.17, 15) is 19.8 Å². The maximum atomic E-state index is 9.88. The fourth-order valence-corrected chi connectivity index (χ4v) is 0.600. The number of allylic oxidation sites excluding steroid dienone is 2. The van der Waals surface area contributed by atoms with Crippen LogP contribution in [0.5, 0.6) is 0 Å². The summed E-state index contributed by atoms with van der Waals surface area (Å²) in [7, 11) is 0. The average molecular weight is 283 g/mol. The van der Waals surface area contributed by atoms with Gasteiger partial charge in [0.1, 0.15) is 0 Å². The van der Waals surface area contributed by atoms with Crippen LogP contribution in [0.1, 0.15) is 26.7 Å². The molecule has 3 radical (unpaired) electrons. The van der Waals surface area contributed by atoms with Gasteiger partial charge in [-0.05, 0) is 51.7 Å². The summed E-state index contributed by atoms with van der Waals surface area (Å²) < 4.78 is 0. The van der Waals surface area contributed by atoms with Crippen LogP contribution in [-0.2, 0) is 26.4 Å². The van der Waals surface area contributed by atoms with Crippen molar-refractivity contribution in [2.45, 2.75) is 26.7 Å². The molecule has 0 rings (SSSR count). The third kappa shape index (κ3) is 14.9. The van der Waals surface area contributed by atoms with Crippen LogP contribution in [0.4, 0.5) is 0 Å². The van der Waals surface area contributed by atoms with Crippen LogP contribution in [-0.4, -0.2) is 11.9 Å². The van der Waals surface area contributed by atoms with E-state index in [4.69, 9.17) is 0 Å². The molecule has 4 nitrogen and oxygen atoms in total. The molecule has 0 heterocycles. The number of carboxylic acids is 2. The third-order valence-corrected chi connectivity index (χ3v) is 1.54. The molecule has 0 saturated heterocycles. The molecule has 0 aromatic heterocycles. The molecule has 0 aromatic carbocycles. The van der Waals surface area contributed by atoms with E-state index in [-0.39, 0.29) is 27.9 Å². The Morgan fingerprint density at radius 1 is 0.941 bits per heavy atom. The Kier molecular flexibility index (Phi) is 16.2. The molecule has 0 aromatic rings. The minimum Gasteiger partial charge on any atom is -0.545 e. The van der Waals surface area contributed by atoms with Crippen molar-refractivity contribution in [1.29, 1.82) is 0 Å². The van der Waals surface area contributed by atoms with Crippen LogP contribution in [0.15, 0.2) is 23.3 Å². The maximum Gasteiger partial charge on any atom is 2.00 e. The molecular formula is C12H16CoO4. The van der Waals surface area contributed by atoms with Crippen LogP contribution in [0.3, 0.4) is 0 Å². The van der Waals surface area contributed by atoms with E-state index in [2.05, 4.69) is 13.8 Å². The summed E-state index contributed by atoms with van der Waals surface area (Å²) in [6, 6.07) is 0. The van der Waals surface area contributed by atoms with Gasteiger partial charge in [0.25, 0.3) is 0 Å². The molecule has 97 valence electrons. The Bertz CT molecular complexity index is 263. The summed E-state index contributed by atoms with van der Waals surface area (Å²) in [5.41, 5.74) is 0.500. The molecule has 0 aliphatic heterocycles. The predicted molar refractivity (Wildman–Crippen MR) is 57.5 cm³/mol. The molecule has 0 aliphatic carbocycles. The number of aliphatic carboxylic acids is 2. The first kappa shape index (κ1) is 21.2. The maximum absolute atomic E-state index is 9.88. The number of hydrogen-bond donors (Lipinski definition) is 0. The smallest absolute Gasteiger partial charge is 0.545 e. The molecule has 5 heteroatoms. The van der Waals surface area contributed by atoms with Gasteiger partial charge in [-0.1, -0.05) is 12.2 Å². The standard InChI is InChI=1S/2C6H9O2.Co/c2*1-3-4-5(2)6(7)8;/h2*4H,1,3H2,2H3,(H,7,8);/q;;+2/p-2. The predicted octanol–water partition coefficient (Wildman–Crippen LogP) is -0.189. The Hall–Kier alpha value is -1.07. The second-order valence-corrected chi connectivity index (χ2v) is 2.93. The molecule has 0 spiro atoms. The summed E-state index contributed by atoms with van der Waals surface area (Å²) >= 11 is 0. The fourth-order valence-electron chi connectivity index (χ4n) is 0.600. The van der Waals surface area contributed by atoms with E-state index in [1.165, 1.54) is 26.0 Å². The van der Waals surface area contributed by atoms with Crippen molar-refractivity contribution >= 4 is 11.9 Å². The van der Waals surface area contributed by atoms with Crippen molar-refractivity contribution in [2.24, 2.45) is 0 Å². The van der Waals surface area contributed by atoms with Crippen LogP contribution < -0.4 is 10.2 Å². The van der Waals surface area contributed by atoms with E-state index in [0.29, 0.717) is 12.8 Å². The minimum absolute atomic E-state index is 0. The minimum atomic E-state index is -1.12. The molecule has 0 fully saturated rings. The quantitative estimate of drug-likeness (QED) is 0.670. The summed E-state index contributed by atoms with van der Waals surface area (Å²) in [6.45, 7) is 9.85. The molecule has 0 unspecified atom stereocenters. The van der Waals surface area contributed by atoms with Gasteiger partial charge in [0.2, 0.25) is 0 Å². The first-order valence-electron chi connectivity index (χ1n) is 4.71. The molecule has 17 heavy (non-hydrogen) atoms. The van der Waals surface area contributed by atoms with Gasteiger partial charge in [-0.3, -0.25) is 0 Å². The number of carboxylic acid groups (broad SMARTS) is 2. The molecule has 0 atom stereocenters. The zero-order valence-corrected chi connectivity index (χ0v) is 11.0. The van der Waals surface area contributed by atoms with E-state index < -0.39 is 11.9 Å². The summed E-state index contributed by atoms with van der Waals surface area (Å²) in [5, 5.41) is 19.8. The number of rotatable bonds is 4. The van der Waals surface area contributed by atoms with Crippen LogP contribution in [0.2, 0.25) is 0 Å². The van der Waals surface area contributed by atoms with Crippen LogP contribution in [0.25, 0.3) is 0 Å². The Morgan fingerprint density at radius 2 is 1.18 bits per heavy atom. The number of carbonyl (C=O) groups is 2. The molecule has 0 bridgehead atoms. The van der Waals surface area contributed by atoms with Crippen molar-refractivity contribution in [2.75, 3.05) is 0 Å². The third-order valence-electron chi connectivity index (χ3n) is 1.54. The van der Waals surface area contributed by atoms with Crippen molar-refractivity contribution in [3.8, 4) is 0 Å². The second-order valence-electron chi connectivity index (χ2n) is 2.93. The average Bonchev–Trinajstić information content (AvgIpc) is 2.19. The molecule has 0 saturated carbocycles. The van der Waals surface area contributed by atoms with Gasteiger partial charge in [0.15, 0.2) is 0 Å². The number of hydrogen-bond acceptors (Lipinski definition) is 4. The summed E-state index contributed by atoms with van der Waals surface area (Å²) in [4.78, 5) is 19.8. The van der Waals surface area contributed by atoms with Gasteiger partial charge in [0.05, 0.1) is 11.9 Å². The first-order valence-corrected chi connectivity index (χ1v) is 4.71. The second kappa shape index (κ2) is 13.0. The molecule has 0 aliphatic rings. The number of carbonyl (C=O) groups excluding carboxylic acids is 2. The Morgan fingerprint density at radius 3 is 1.24 bits per heavy atom. The molecule has 0 amide bonds. The largest absolute Gasteiger partial charge is 2.00 e. The Balaban J connectivity index is -0.000000218. The van der Waals surface area contributed by atoms with Gasteiger partial charge >= 0.3 is 16.8 Å². The van der Waals surface area contributed by atoms with Gasteiger partial charge in [-0.25, -0.2) is 0 Å². The molecule has 0 N–H and O–H groups in total. The first-order chi connectivity index (χ1) is 7.36. The van der Waals surface area contributed by atoms with E-state index in [1.807, 2.05) is 0 Å². The summed E-state index contributed by atoms with van der Waals surface area (Å²) in [5.74, 6) is -2.23. The van der Waals surface area contributed by atoms with Crippen LogP contribution in [0, 0.1) is 13.8 Å². The van der Waals surface area contributed by atoms with Gasteiger partial charge in [-0.15, -0.1) is 0 Å². The van der Waals surface area contributed by atoms with Crippen molar-refractivity contribution in [3.63, 3.8) is 0 Å². The zero-order valence-electron chi connectivity index (χ0n) is 9.95. The van der Waals surface area contributed by atoms with Gasteiger partial charge in [0, 0.05) is 0 Å². The van der Waals surface area contributed by atoms with E-state index >= 15 is 0 Å².